The molecule has 0 aromatic heterocycles. The Hall–Kier alpha value is -1.64. The number of nitrogens with zero attached hydrogens (tertiary/aromatic N) is 3. The summed E-state index contributed by atoms with van der Waals surface area (Å²) in [7, 11) is 0. The summed E-state index contributed by atoms with van der Waals surface area (Å²) >= 11 is 0. The average Bonchev–Trinajstić information content (AvgIpc) is 3.16. The van der Waals surface area contributed by atoms with E-state index in [2.05, 4.69) is 9.80 Å². The molecule has 2 heterocycles. The minimum absolute atomic E-state index is 0.148. The van der Waals surface area contributed by atoms with E-state index in [4.69, 9.17) is 0 Å². The first-order valence-corrected chi connectivity index (χ1v) is 8.04. The maximum absolute atomic E-state index is 13.9. The van der Waals surface area contributed by atoms with Crippen molar-refractivity contribution < 1.29 is 9.50 Å². The van der Waals surface area contributed by atoms with Gasteiger partial charge in [-0.3, -0.25) is 4.90 Å². The molecule has 1 aromatic rings. The lowest BCUT2D eigenvalue weighted by molar-refractivity contribution is 0.153. The van der Waals surface area contributed by atoms with Crippen LogP contribution in [-0.2, 0) is 0 Å². The second kappa shape index (κ2) is 6.64. The van der Waals surface area contributed by atoms with Crippen LogP contribution in [-0.4, -0.2) is 48.3 Å². The molecule has 118 valence electrons. The number of anilines is 1. The van der Waals surface area contributed by atoms with Crippen LogP contribution in [0, 0.1) is 17.1 Å². The van der Waals surface area contributed by atoms with Crippen LogP contribution < -0.4 is 4.90 Å². The number of hydrogen-bond acceptors (Lipinski definition) is 4. The van der Waals surface area contributed by atoms with E-state index in [9.17, 15) is 14.8 Å². The third kappa shape index (κ3) is 2.81. The number of nitriles is 1. The van der Waals surface area contributed by atoms with Crippen LogP contribution in [0.3, 0.4) is 0 Å². The molecule has 4 nitrogen and oxygen atoms in total. The van der Waals surface area contributed by atoms with Gasteiger partial charge in [-0.2, -0.15) is 5.26 Å². The number of rotatable bonds is 4. The Morgan fingerprint density at radius 1 is 1.23 bits per heavy atom. The number of halogens is 1. The Kier molecular flexibility index (Phi) is 4.60. The fourth-order valence-electron chi connectivity index (χ4n) is 3.82. The van der Waals surface area contributed by atoms with Crippen molar-refractivity contribution in [3.63, 3.8) is 0 Å². The van der Waals surface area contributed by atoms with Crippen molar-refractivity contribution in [3.05, 3.63) is 29.6 Å². The number of hydrogen-bond donors (Lipinski definition) is 1. The van der Waals surface area contributed by atoms with Gasteiger partial charge in [0.1, 0.15) is 17.4 Å². The van der Waals surface area contributed by atoms with Crippen LogP contribution >= 0.6 is 0 Å². The van der Waals surface area contributed by atoms with Gasteiger partial charge < -0.3 is 10.0 Å². The van der Waals surface area contributed by atoms with E-state index in [-0.39, 0.29) is 18.2 Å². The van der Waals surface area contributed by atoms with E-state index in [0.717, 1.165) is 45.3 Å². The van der Waals surface area contributed by atoms with Crippen molar-refractivity contribution >= 4 is 5.69 Å². The van der Waals surface area contributed by atoms with Crippen LogP contribution in [0.25, 0.3) is 0 Å². The highest BCUT2D eigenvalue weighted by molar-refractivity contribution is 5.61. The first-order valence-electron chi connectivity index (χ1n) is 8.04. The molecule has 0 bridgehead atoms. The van der Waals surface area contributed by atoms with Crippen molar-refractivity contribution in [3.8, 4) is 6.07 Å². The minimum atomic E-state index is -0.444. The molecule has 0 spiro atoms. The fraction of sp³-hybridized carbons (Fsp3) is 0.588. The highest BCUT2D eigenvalue weighted by Gasteiger charge is 2.32. The Balaban J connectivity index is 1.79. The zero-order valence-corrected chi connectivity index (χ0v) is 12.7. The van der Waals surface area contributed by atoms with Gasteiger partial charge in [-0.25, -0.2) is 4.39 Å². The van der Waals surface area contributed by atoms with Gasteiger partial charge in [0.2, 0.25) is 0 Å². The molecule has 2 aliphatic heterocycles. The first-order chi connectivity index (χ1) is 10.7. The van der Waals surface area contributed by atoms with Crippen molar-refractivity contribution in [1.82, 2.24) is 4.90 Å². The zero-order chi connectivity index (χ0) is 15.5. The van der Waals surface area contributed by atoms with Gasteiger partial charge in [-0.05, 0) is 44.4 Å². The molecule has 1 aromatic carbocycles. The molecular formula is C17H22FN3O. The molecule has 2 aliphatic rings. The summed E-state index contributed by atoms with van der Waals surface area (Å²) in [4.78, 5) is 4.52. The Morgan fingerprint density at radius 2 is 2.00 bits per heavy atom. The Labute approximate surface area is 130 Å². The topological polar surface area (TPSA) is 50.5 Å². The molecule has 2 saturated heterocycles. The van der Waals surface area contributed by atoms with Crippen molar-refractivity contribution in [2.75, 3.05) is 31.1 Å². The second-order valence-corrected chi connectivity index (χ2v) is 6.21. The summed E-state index contributed by atoms with van der Waals surface area (Å²) in [5, 5.41) is 18.7. The number of benzene rings is 1. The molecule has 3 rings (SSSR count). The molecule has 22 heavy (non-hydrogen) atoms. The monoisotopic (exact) mass is 303 g/mol. The maximum atomic E-state index is 13.9. The number of aliphatic hydroxyl groups is 1. The molecule has 2 unspecified atom stereocenters. The Morgan fingerprint density at radius 3 is 2.77 bits per heavy atom. The van der Waals surface area contributed by atoms with Gasteiger partial charge in [0.05, 0.1) is 12.3 Å². The summed E-state index contributed by atoms with van der Waals surface area (Å²) in [6.45, 7) is 2.97. The van der Waals surface area contributed by atoms with Crippen LogP contribution in [0.4, 0.5) is 10.1 Å². The summed E-state index contributed by atoms with van der Waals surface area (Å²) in [6, 6.07) is 7.41. The van der Waals surface area contributed by atoms with Crippen molar-refractivity contribution in [2.24, 2.45) is 0 Å². The number of aliphatic hydroxyl groups excluding tert-OH is 1. The summed E-state index contributed by atoms with van der Waals surface area (Å²) in [5.74, 6) is -0.444. The normalized spacial score (nSPS) is 25.6. The molecule has 5 heteroatoms. The van der Waals surface area contributed by atoms with Gasteiger partial charge in [0.15, 0.2) is 0 Å². The SMILES string of the molecule is N#Cc1c(F)cccc1N1CCCC1CN1CCCC1CO. The highest BCUT2D eigenvalue weighted by Crippen LogP contribution is 2.31. The maximum Gasteiger partial charge on any atom is 0.143 e. The molecule has 1 N–H and O–H groups in total. The quantitative estimate of drug-likeness (QED) is 0.926. The third-order valence-corrected chi connectivity index (χ3v) is 4.95. The smallest absolute Gasteiger partial charge is 0.143 e. The van der Waals surface area contributed by atoms with Crippen LogP contribution in [0.1, 0.15) is 31.2 Å². The van der Waals surface area contributed by atoms with Gasteiger partial charge in [-0.1, -0.05) is 6.07 Å². The van der Waals surface area contributed by atoms with E-state index in [1.54, 1.807) is 6.07 Å². The summed E-state index contributed by atoms with van der Waals surface area (Å²) in [6.07, 6.45) is 4.29. The average molecular weight is 303 g/mol. The van der Waals surface area contributed by atoms with E-state index in [1.165, 1.54) is 6.07 Å². The largest absolute Gasteiger partial charge is 0.395 e. The van der Waals surface area contributed by atoms with E-state index in [1.807, 2.05) is 12.1 Å². The van der Waals surface area contributed by atoms with Gasteiger partial charge in [-0.15, -0.1) is 0 Å². The summed E-state index contributed by atoms with van der Waals surface area (Å²) in [5.41, 5.74) is 0.860. The standard InChI is InChI=1S/C17H22FN3O/c18-16-6-1-7-17(15(16)10-19)21-9-3-4-13(21)11-20-8-2-5-14(20)12-22/h1,6-7,13-14,22H,2-5,8-9,11-12H2. The predicted octanol–water partition coefficient (Wildman–Crippen LogP) is 2.12. The lowest BCUT2D eigenvalue weighted by Gasteiger charge is -2.33. The molecule has 0 aliphatic carbocycles. The molecule has 0 radical (unpaired) electrons. The second-order valence-electron chi connectivity index (χ2n) is 6.21. The first kappa shape index (κ1) is 15.3. The van der Waals surface area contributed by atoms with Crippen molar-refractivity contribution in [2.45, 2.75) is 37.8 Å². The lowest BCUT2D eigenvalue weighted by Crippen LogP contribution is -2.43. The Bertz CT molecular complexity index is 572. The van der Waals surface area contributed by atoms with E-state index >= 15 is 0 Å². The third-order valence-electron chi connectivity index (χ3n) is 4.95. The van der Waals surface area contributed by atoms with Crippen molar-refractivity contribution in [1.29, 1.82) is 5.26 Å². The molecule has 0 saturated carbocycles. The zero-order valence-electron chi connectivity index (χ0n) is 12.7. The van der Waals surface area contributed by atoms with Gasteiger partial charge in [0.25, 0.3) is 0 Å². The van der Waals surface area contributed by atoms with E-state index < -0.39 is 5.82 Å². The van der Waals surface area contributed by atoms with Crippen LogP contribution in [0.2, 0.25) is 0 Å². The predicted molar refractivity (Wildman–Crippen MR) is 83.2 cm³/mol. The van der Waals surface area contributed by atoms with E-state index in [0.29, 0.717) is 11.7 Å². The molecule has 2 atom stereocenters. The fourth-order valence-corrected chi connectivity index (χ4v) is 3.82. The molecule has 0 amide bonds. The highest BCUT2D eigenvalue weighted by atomic mass is 19.1. The summed E-state index contributed by atoms with van der Waals surface area (Å²) < 4.78 is 13.9. The molecular weight excluding hydrogens is 281 g/mol. The van der Waals surface area contributed by atoms with Gasteiger partial charge in [0, 0.05) is 25.2 Å². The number of likely N-dealkylation sites (tertiary alicyclic amines) is 1. The van der Waals surface area contributed by atoms with Crippen LogP contribution in [0.5, 0.6) is 0 Å². The minimum Gasteiger partial charge on any atom is -0.395 e. The molecule has 2 fully saturated rings. The van der Waals surface area contributed by atoms with Crippen LogP contribution in [0.15, 0.2) is 18.2 Å². The lowest BCUT2D eigenvalue weighted by atomic mass is 10.1. The van der Waals surface area contributed by atoms with Gasteiger partial charge >= 0.3 is 0 Å².